The molecule has 13 atom stereocenters. The number of aliphatic imine (C=N–C) groups is 1. The first-order chi connectivity index (χ1) is 39.3. The lowest BCUT2D eigenvalue weighted by Gasteiger charge is -2.58. The van der Waals surface area contributed by atoms with Crippen LogP contribution in [-0.2, 0) is 19.3 Å². The molecule has 15 rings (SSSR count). The Kier molecular flexibility index (Phi) is 13.2. The highest BCUT2D eigenvalue weighted by Crippen LogP contribution is 2.84. The van der Waals surface area contributed by atoms with Gasteiger partial charge in [-0.15, -0.1) is 28.6 Å². The number of phenolic OH excluding ortho intramolecular Hbond substituents is 1. The second kappa shape index (κ2) is 20.2. The minimum absolute atomic E-state index is 0.0111. The molecule has 0 unspecified atom stereocenters. The summed E-state index contributed by atoms with van der Waals surface area (Å²) in [5, 5.41) is 48.8. The normalized spacial score (nSPS) is 35.0. The molecular formula is C68H77N7O4S2. The van der Waals surface area contributed by atoms with Crippen molar-refractivity contribution in [2.75, 3.05) is 25.5 Å². The number of allylic oxidation sites excluding steroid dienone is 1. The number of aliphatic hydroxyl groups is 2. The fourth-order valence-electron chi connectivity index (χ4n) is 19.2. The van der Waals surface area contributed by atoms with Crippen molar-refractivity contribution in [1.29, 1.82) is 0 Å². The van der Waals surface area contributed by atoms with Gasteiger partial charge in [0.1, 0.15) is 5.75 Å². The fourth-order valence-corrected chi connectivity index (χ4v) is 21.2. The molecule has 3 aromatic heterocycles. The Hall–Kier alpha value is -5.93. The molecule has 5 aromatic rings. The van der Waals surface area contributed by atoms with E-state index in [1.54, 1.807) is 29.0 Å². The van der Waals surface area contributed by atoms with Gasteiger partial charge in [-0.3, -0.25) is 4.79 Å². The maximum atomic E-state index is 16.4. The van der Waals surface area contributed by atoms with Crippen LogP contribution in [0.5, 0.6) is 5.75 Å². The highest BCUT2D eigenvalue weighted by Gasteiger charge is 2.79. The van der Waals surface area contributed by atoms with Gasteiger partial charge in [0.15, 0.2) is 11.7 Å². The standard InChI is InChI=1S/C68H77N7O4S2/c1-4-9-45-14-18-55(80-45)56-19-20-57(81-56)62(78)52-24-26-65-27-25-58-66(52,37-65)38-67(28-22-41(34-70-3)53(67)36-76)68(58)29-23-48-47-13-8-10-40(50(47)32-44-35-71-39-72-44)33-64(2,79)59-21-16-49-54(77)30-42(46(61(49)74-59)15-17-51(48)68)31-60(65)75-63(69)73-43-11-6-5-7-12-43/h8,10,13-14,16,18-21,25,27,30,35,39,41,43,48,51-53,58-60,70,74,76-77,79H,5-7,11-12,22-24,26,28-29,31-34,36-38H2,1-3H3,(H,71,72)(H3,69,73,75)/t41-,48-,51+,52-,53-,58-,59+,60+,64-,65-,66+,67-,68+/m0/s1. The molecule has 2 aromatic carbocycles. The van der Waals surface area contributed by atoms with Gasteiger partial charge >= 0.3 is 0 Å². The zero-order valence-electron chi connectivity index (χ0n) is 47.0. The molecule has 420 valence electrons. The summed E-state index contributed by atoms with van der Waals surface area (Å²) in [6, 6.07) is 16.5. The summed E-state index contributed by atoms with van der Waals surface area (Å²) in [6.45, 7) is 4.67. The van der Waals surface area contributed by atoms with Gasteiger partial charge in [0.2, 0.25) is 0 Å². The Bertz CT molecular complexity index is 3530. The summed E-state index contributed by atoms with van der Waals surface area (Å²) in [5.74, 6) is 15.1. The number of fused-ring (bicyclic) bond motifs is 5. The summed E-state index contributed by atoms with van der Waals surface area (Å²) < 4.78 is 0. The number of imidazole rings is 1. The van der Waals surface area contributed by atoms with Crippen molar-refractivity contribution >= 4 is 46.2 Å². The molecule has 81 heavy (non-hydrogen) atoms. The number of benzene rings is 2. The molecule has 5 heterocycles. The number of rotatable bonds is 10. The minimum atomic E-state index is -1.26. The number of phenols is 1. The van der Waals surface area contributed by atoms with Crippen LogP contribution in [0.3, 0.4) is 0 Å². The first-order valence-corrected chi connectivity index (χ1v) is 31.8. The summed E-state index contributed by atoms with van der Waals surface area (Å²) >= 11 is 3.30. The molecule has 9 N–H and O–H groups in total. The van der Waals surface area contributed by atoms with E-state index < -0.39 is 27.9 Å². The number of Topliss-reactive ketones (excluding diaryl/α,β-unsaturated/α-hetero) is 1. The molecule has 10 bridgehead atoms. The number of nitrogens with zero attached hydrogens (tertiary/aromatic N) is 2. The first kappa shape index (κ1) is 53.1. The van der Waals surface area contributed by atoms with E-state index in [-0.39, 0.29) is 71.1 Å². The molecular weight excluding hydrogens is 1040 g/mol. The van der Waals surface area contributed by atoms with Crippen LogP contribution in [0.15, 0.2) is 84.3 Å². The number of thiophene rings is 2. The van der Waals surface area contributed by atoms with Gasteiger partial charge in [-0.05, 0) is 191 Å². The minimum Gasteiger partial charge on any atom is -0.507 e. The Morgan fingerprint density at radius 1 is 1.00 bits per heavy atom. The predicted octanol–water partition coefficient (Wildman–Crippen LogP) is 11.1. The number of guanidine groups is 1. The maximum absolute atomic E-state index is 16.4. The van der Waals surface area contributed by atoms with Crippen molar-refractivity contribution in [3.05, 3.63) is 128 Å². The lowest BCUT2D eigenvalue weighted by Crippen LogP contribution is -2.56. The molecule has 0 saturated heterocycles. The van der Waals surface area contributed by atoms with Crippen molar-refractivity contribution in [3.63, 3.8) is 0 Å². The first-order valence-electron chi connectivity index (χ1n) is 30.2. The molecule has 8 aliphatic carbocycles. The van der Waals surface area contributed by atoms with Gasteiger partial charge in [0.05, 0.1) is 45.0 Å². The van der Waals surface area contributed by atoms with Crippen molar-refractivity contribution < 1.29 is 20.1 Å². The van der Waals surface area contributed by atoms with E-state index >= 15 is 4.79 Å². The monoisotopic (exact) mass is 1120 g/mol. The van der Waals surface area contributed by atoms with Crippen LogP contribution < -0.4 is 21.7 Å². The Balaban J connectivity index is 1.04. The highest BCUT2D eigenvalue weighted by atomic mass is 32.1. The average molecular weight is 1120 g/mol. The third kappa shape index (κ3) is 8.32. The molecule has 5 saturated carbocycles. The molecule has 10 aliphatic rings. The van der Waals surface area contributed by atoms with Crippen LogP contribution in [0, 0.1) is 74.9 Å². The number of carbonyl (C=O) groups excluding carboxylic acids is 1. The number of hydrogen-bond donors (Lipinski definition) is 8. The van der Waals surface area contributed by atoms with E-state index in [0.717, 1.165) is 125 Å². The maximum Gasteiger partial charge on any atom is 0.189 e. The van der Waals surface area contributed by atoms with Crippen molar-refractivity contribution in [1.82, 2.24) is 20.6 Å². The summed E-state index contributed by atoms with van der Waals surface area (Å²) in [4.78, 5) is 34.1. The van der Waals surface area contributed by atoms with Gasteiger partial charge in [0.25, 0.3) is 0 Å². The fraction of sp³-hybridized carbons (Fsp3) is 0.515. The van der Waals surface area contributed by atoms with Gasteiger partial charge in [0, 0.05) is 69.9 Å². The SMILES string of the molecule is CC#Cc1ccc(-c2ccc(C(=O)[C@@H]3CC[C@]45C=C[C@H]6[C@]3(C4)C[C@]3(CC[C@@H](CNC)[C@@H]3CO)[C@@]63CC[C@H]4c6cccc(c6Cc6cnc[nH]6)C[C@](C)(O)[C@H]6C=Cc7c(O)cc(c(c7N6)C#C[C@H]43)C[C@H]5N=C(N)NC3CCCCC3)s2)s1. The quantitative estimate of drug-likeness (QED) is 0.0222. The second-order valence-electron chi connectivity index (χ2n) is 26.2. The van der Waals surface area contributed by atoms with Gasteiger partial charge in [-0.25, -0.2) is 9.98 Å². The van der Waals surface area contributed by atoms with Crippen LogP contribution >= 0.6 is 22.7 Å². The Morgan fingerprint density at radius 2 is 1.85 bits per heavy atom. The summed E-state index contributed by atoms with van der Waals surface area (Å²) in [6.07, 6.45) is 26.6. The van der Waals surface area contributed by atoms with Gasteiger partial charge in [-0.2, -0.15) is 0 Å². The number of hydrogen-bond acceptors (Lipinski definition) is 10. The smallest absolute Gasteiger partial charge is 0.189 e. The second-order valence-corrected chi connectivity index (χ2v) is 28.4. The number of carbonyl (C=O) groups is 1. The molecule has 4 spiro atoms. The molecule has 5 fully saturated rings. The van der Waals surface area contributed by atoms with Crippen LogP contribution in [0.2, 0.25) is 0 Å². The predicted molar refractivity (Wildman–Crippen MR) is 324 cm³/mol. The molecule has 0 radical (unpaired) electrons. The van der Waals surface area contributed by atoms with E-state index in [1.807, 2.05) is 45.3 Å². The largest absolute Gasteiger partial charge is 0.507 e. The average Bonchev–Trinajstić information content (AvgIpc) is 1.90. The van der Waals surface area contributed by atoms with E-state index in [4.69, 9.17) is 10.7 Å². The van der Waals surface area contributed by atoms with Crippen LogP contribution in [0.25, 0.3) is 15.8 Å². The Labute approximate surface area is 485 Å². The molecule has 11 nitrogen and oxygen atoms in total. The number of aromatic hydroxyl groups is 1. The van der Waals surface area contributed by atoms with Crippen molar-refractivity contribution in [2.45, 2.75) is 146 Å². The lowest BCUT2D eigenvalue weighted by molar-refractivity contribution is -0.0484. The third-order valence-electron chi connectivity index (χ3n) is 22.3. The number of aromatic nitrogens is 2. The lowest BCUT2D eigenvalue weighted by atomic mass is 9.45. The number of nitrogens with one attached hydrogen (secondary N) is 4. The number of ketones is 1. The summed E-state index contributed by atoms with van der Waals surface area (Å²) in [5.41, 5.74) is 11.8. The number of H-pyrrole nitrogens is 1. The Morgan fingerprint density at radius 3 is 2.67 bits per heavy atom. The van der Waals surface area contributed by atoms with Crippen LogP contribution in [-0.4, -0.2) is 81.0 Å². The van der Waals surface area contributed by atoms with E-state index in [0.29, 0.717) is 37.2 Å². The number of aliphatic hydroxyl groups excluding tert-OH is 1. The highest BCUT2D eigenvalue weighted by molar-refractivity contribution is 7.23. The number of nitrogens with two attached hydrogens (primary N) is 1. The van der Waals surface area contributed by atoms with Crippen molar-refractivity contribution in [3.8, 4) is 39.2 Å². The molecule has 13 heteroatoms. The molecule has 0 amide bonds. The van der Waals surface area contributed by atoms with Crippen LogP contribution in [0.4, 0.5) is 5.69 Å². The zero-order valence-corrected chi connectivity index (χ0v) is 48.7. The van der Waals surface area contributed by atoms with E-state index in [1.165, 1.54) is 17.5 Å². The van der Waals surface area contributed by atoms with E-state index in [9.17, 15) is 15.3 Å². The van der Waals surface area contributed by atoms with Gasteiger partial charge in [-0.1, -0.05) is 79.5 Å². The molecule has 2 aliphatic heterocycles. The third-order valence-corrected chi connectivity index (χ3v) is 24.6. The van der Waals surface area contributed by atoms with Crippen molar-refractivity contribution in [2.24, 2.45) is 62.0 Å². The number of anilines is 1. The number of aromatic amines is 1. The zero-order chi connectivity index (χ0) is 55.5. The van der Waals surface area contributed by atoms with E-state index in [2.05, 4.69) is 104 Å². The van der Waals surface area contributed by atoms with Gasteiger partial charge < -0.3 is 42.0 Å². The van der Waals surface area contributed by atoms with Crippen LogP contribution in [0.1, 0.15) is 157 Å². The summed E-state index contributed by atoms with van der Waals surface area (Å²) in [7, 11) is 2.05. The topological polar surface area (TPSA) is 181 Å².